The number of nitrogens with one attached hydrogen (secondary N) is 1. The number of benzene rings is 1. The van der Waals surface area contributed by atoms with Crippen molar-refractivity contribution in [2.24, 2.45) is 0 Å². The minimum Gasteiger partial charge on any atom is -0.355 e. The highest BCUT2D eigenvalue weighted by Gasteiger charge is 2.26. The number of hydrogen-bond acceptors (Lipinski definition) is 5. The lowest BCUT2D eigenvalue weighted by Gasteiger charge is -2.13. The van der Waals surface area contributed by atoms with Crippen molar-refractivity contribution < 1.29 is 4.79 Å². The molecule has 3 rings (SSSR count). The third-order valence-electron chi connectivity index (χ3n) is 4.33. The van der Waals surface area contributed by atoms with E-state index in [1.165, 1.54) is 17.3 Å². The molecule has 0 spiro atoms. The van der Waals surface area contributed by atoms with E-state index < -0.39 is 0 Å². The van der Waals surface area contributed by atoms with Gasteiger partial charge in [-0.25, -0.2) is 4.98 Å². The molecule has 1 unspecified atom stereocenters. The summed E-state index contributed by atoms with van der Waals surface area (Å²) in [5.41, 5.74) is 2.09. The number of fused-ring (bicyclic) bond motifs is 1. The molecule has 0 aliphatic carbocycles. The van der Waals surface area contributed by atoms with Crippen LogP contribution in [0.1, 0.15) is 31.5 Å². The summed E-state index contributed by atoms with van der Waals surface area (Å²) in [4.78, 5) is 30.6. The summed E-state index contributed by atoms with van der Waals surface area (Å²) in [6.45, 7) is 5.38. The number of aryl methyl sites for hydroxylation is 1. The van der Waals surface area contributed by atoms with Gasteiger partial charge in [0.2, 0.25) is 5.91 Å². The van der Waals surface area contributed by atoms with Gasteiger partial charge in [0.25, 0.3) is 5.56 Å². The largest absolute Gasteiger partial charge is 0.355 e. The SMILES string of the molecule is CCCNC(=O)CSc1nc2c(c(=O)n1CCc1ccccc1)SC(C)C2. The van der Waals surface area contributed by atoms with E-state index in [0.29, 0.717) is 23.5 Å². The number of hydrogen-bond donors (Lipinski definition) is 1. The molecule has 7 heteroatoms. The Hall–Kier alpha value is -1.73. The van der Waals surface area contributed by atoms with Gasteiger partial charge in [0.1, 0.15) is 0 Å². The number of carbonyl (C=O) groups is 1. The van der Waals surface area contributed by atoms with E-state index in [2.05, 4.69) is 24.4 Å². The van der Waals surface area contributed by atoms with Gasteiger partial charge in [-0.15, -0.1) is 11.8 Å². The van der Waals surface area contributed by atoms with Crippen LogP contribution in [0.25, 0.3) is 0 Å². The number of nitrogens with zero attached hydrogens (tertiary/aromatic N) is 2. The molecule has 1 atom stereocenters. The van der Waals surface area contributed by atoms with Gasteiger partial charge in [-0.2, -0.15) is 0 Å². The van der Waals surface area contributed by atoms with Crippen molar-refractivity contribution in [2.75, 3.05) is 12.3 Å². The van der Waals surface area contributed by atoms with E-state index >= 15 is 0 Å². The van der Waals surface area contributed by atoms with Crippen LogP contribution in [0.5, 0.6) is 0 Å². The molecule has 1 aromatic heterocycles. The van der Waals surface area contributed by atoms with Gasteiger partial charge in [0, 0.05) is 24.8 Å². The molecule has 0 saturated heterocycles. The molecule has 1 aliphatic heterocycles. The van der Waals surface area contributed by atoms with Crippen LogP contribution in [0.2, 0.25) is 0 Å². The Morgan fingerprint density at radius 3 is 2.89 bits per heavy atom. The Balaban J connectivity index is 1.81. The third-order valence-corrected chi connectivity index (χ3v) is 6.53. The zero-order valence-electron chi connectivity index (χ0n) is 15.7. The molecular formula is C20H25N3O2S2. The van der Waals surface area contributed by atoms with E-state index in [1.54, 1.807) is 16.3 Å². The fourth-order valence-corrected chi connectivity index (χ4v) is 4.96. The molecule has 2 aromatic rings. The van der Waals surface area contributed by atoms with Gasteiger partial charge in [-0.3, -0.25) is 14.2 Å². The molecule has 2 heterocycles. The van der Waals surface area contributed by atoms with Crippen LogP contribution in [0.15, 0.2) is 45.2 Å². The highest BCUT2D eigenvalue weighted by Crippen LogP contribution is 2.34. The van der Waals surface area contributed by atoms with Crippen molar-refractivity contribution in [2.45, 2.75) is 55.0 Å². The van der Waals surface area contributed by atoms with Crippen LogP contribution >= 0.6 is 23.5 Å². The van der Waals surface area contributed by atoms with Crippen LogP contribution in [0, 0.1) is 0 Å². The fraction of sp³-hybridized carbons (Fsp3) is 0.450. The summed E-state index contributed by atoms with van der Waals surface area (Å²) in [6, 6.07) is 10.1. The molecule has 0 fully saturated rings. The van der Waals surface area contributed by atoms with Crippen LogP contribution < -0.4 is 10.9 Å². The lowest BCUT2D eigenvalue weighted by Crippen LogP contribution is -2.28. The molecule has 0 saturated carbocycles. The maximum atomic E-state index is 13.1. The highest BCUT2D eigenvalue weighted by molar-refractivity contribution is 8.00. The first-order valence-electron chi connectivity index (χ1n) is 9.32. The van der Waals surface area contributed by atoms with Crippen molar-refractivity contribution in [3.05, 3.63) is 51.9 Å². The Morgan fingerprint density at radius 2 is 2.15 bits per heavy atom. The molecule has 144 valence electrons. The van der Waals surface area contributed by atoms with E-state index in [9.17, 15) is 9.59 Å². The van der Waals surface area contributed by atoms with Gasteiger partial charge in [0.15, 0.2) is 5.16 Å². The van der Waals surface area contributed by atoms with Crippen molar-refractivity contribution in [1.82, 2.24) is 14.9 Å². The molecule has 1 amide bonds. The standard InChI is InChI=1S/C20H25N3O2S2/c1-3-10-21-17(24)13-26-20-22-16-12-14(2)27-18(16)19(25)23(20)11-9-15-7-5-4-6-8-15/h4-8,14H,3,9-13H2,1-2H3,(H,21,24). The number of aromatic nitrogens is 2. The zero-order valence-corrected chi connectivity index (χ0v) is 17.4. The second-order valence-electron chi connectivity index (χ2n) is 6.63. The smallest absolute Gasteiger partial charge is 0.268 e. The average Bonchev–Trinajstić information content (AvgIpc) is 3.05. The Bertz CT molecular complexity index is 852. The summed E-state index contributed by atoms with van der Waals surface area (Å²) in [5.74, 6) is 0.258. The van der Waals surface area contributed by atoms with Gasteiger partial charge >= 0.3 is 0 Å². The molecule has 27 heavy (non-hydrogen) atoms. The predicted molar refractivity (Wildman–Crippen MR) is 112 cm³/mol. The van der Waals surface area contributed by atoms with E-state index in [0.717, 1.165) is 29.9 Å². The van der Waals surface area contributed by atoms with Gasteiger partial charge in [0.05, 0.1) is 16.3 Å². The predicted octanol–water partition coefficient (Wildman–Crippen LogP) is 3.14. The fourth-order valence-electron chi connectivity index (χ4n) is 2.97. The van der Waals surface area contributed by atoms with Gasteiger partial charge < -0.3 is 5.32 Å². The highest BCUT2D eigenvalue weighted by atomic mass is 32.2. The second-order valence-corrected chi connectivity index (χ2v) is 9.02. The van der Waals surface area contributed by atoms with Crippen molar-refractivity contribution >= 4 is 29.4 Å². The third kappa shape index (κ3) is 5.17. The van der Waals surface area contributed by atoms with Crippen LogP contribution in [0.4, 0.5) is 0 Å². The summed E-state index contributed by atoms with van der Waals surface area (Å²) >= 11 is 2.97. The minimum absolute atomic E-state index is 0.0195. The Morgan fingerprint density at radius 1 is 1.37 bits per heavy atom. The van der Waals surface area contributed by atoms with E-state index in [-0.39, 0.29) is 17.2 Å². The maximum absolute atomic E-state index is 13.1. The molecule has 5 nitrogen and oxygen atoms in total. The van der Waals surface area contributed by atoms with Crippen molar-refractivity contribution in [1.29, 1.82) is 0 Å². The van der Waals surface area contributed by atoms with E-state index in [1.807, 2.05) is 25.1 Å². The van der Waals surface area contributed by atoms with Crippen LogP contribution in [-0.2, 0) is 24.2 Å². The molecule has 1 aromatic carbocycles. The first-order chi connectivity index (χ1) is 13.1. The lowest BCUT2D eigenvalue weighted by atomic mass is 10.1. The first kappa shape index (κ1) is 20.0. The molecule has 1 aliphatic rings. The monoisotopic (exact) mass is 403 g/mol. The van der Waals surface area contributed by atoms with Gasteiger partial charge in [-0.1, -0.05) is 55.9 Å². The normalized spacial score (nSPS) is 15.6. The average molecular weight is 404 g/mol. The summed E-state index contributed by atoms with van der Waals surface area (Å²) in [6.07, 6.45) is 2.48. The van der Waals surface area contributed by atoms with Crippen molar-refractivity contribution in [3.63, 3.8) is 0 Å². The Kier molecular flexibility index (Phi) is 7.01. The zero-order chi connectivity index (χ0) is 19.2. The quantitative estimate of drug-likeness (QED) is 0.542. The van der Waals surface area contributed by atoms with Crippen LogP contribution in [-0.4, -0.2) is 33.0 Å². The van der Waals surface area contributed by atoms with Crippen molar-refractivity contribution in [3.8, 4) is 0 Å². The van der Waals surface area contributed by atoms with Gasteiger partial charge in [-0.05, 0) is 18.4 Å². The second kappa shape index (κ2) is 9.46. The lowest BCUT2D eigenvalue weighted by molar-refractivity contribution is -0.118. The minimum atomic E-state index is -0.0195. The molecular weight excluding hydrogens is 378 g/mol. The van der Waals surface area contributed by atoms with E-state index in [4.69, 9.17) is 4.98 Å². The summed E-state index contributed by atoms with van der Waals surface area (Å²) < 4.78 is 1.74. The molecule has 0 radical (unpaired) electrons. The summed E-state index contributed by atoms with van der Waals surface area (Å²) in [5, 5.41) is 3.90. The van der Waals surface area contributed by atoms with Crippen LogP contribution in [0.3, 0.4) is 0 Å². The summed E-state index contributed by atoms with van der Waals surface area (Å²) in [7, 11) is 0. The topological polar surface area (TPSA) is 64.0 Å². The number of thioether (sulfide) groups is 2. The first-order valence-corrected chi connectivity index (χ1v) is 11.2. The molecule has 0 bridgehead atoms. The number of carbonyl (C=O) groups excluding carboxylic acids is 1. The maximum Gasteiger partial charge on any atom is 0.268 e. The number of amides is 1. The Labute approximate surface area is 168 Å². The number of rotatable bonds is 8. The molecule has 1 N–H and O–H groups in total.